The summed E-state index contributed by atoms with van der Waals surface area (Å²) < 4.78 is 13.3. The van der Waals surface area contributed by atoms with Gasteiger partial charge >= 0.3 is 0 Å². The molecule has 98 valence electrons. The fourth-order valence-electron chi connectivity index (χ4n) is 1.42. The second-order valence-electron chi connectivity index (χ2n) is 3.96. The van der Waals surface area contributed by atoms with Crippen LogP contribution in [0.15, 0.2) is 35.1 Å². The first kappa shape index (κ1) is 13.6. The minimum Gasteiger partial charge on any atom is -0.346 e. The van der Waals surface area contributed by atoms with Crippen molar-refractivity contribution in [3.8, 4) is 0 Å². The number of hydrogen-bond donors (Lipinski definition) is 1. The average molecular weight is 324 g/mol. The summed E-state index contributed by atoms with van der Waals surface area (Å²) in [6.07, 6.45) is 3.24. The number of nitrogens with zero attached hydrogens (tertiary/aromatic N) is 2. The molecule has 1 aromatic heterocycles. The maximum absolute atomic E-state index is 13.1. The molecule has 0 spiro atoms. The first-order valence-electron chi connectivity index (χ1n) is 5.57. The molecule has 0 atom stereocenters. The van der Waals surface area contributed by atoms with Gasteiger partial charge in [0.1, 0.15) is 5.82 Å². The quantitative estimate of drug-likeness (QED) is 0.944. The topological polar surface area (TPSA) is 54.9 Å². The van der Waals surface area contributed by atoms with Gasteiger partial charge in [-0.25, -0.2) is 4.39 Å². The maximum atomic E-state index is 13.1. The molecule has 1 heterocycles. The van der Waals surface area contributed by atoms with E-state index in [1.165, 1.54) is 18.2 Å². The van der Waals surface area contributed by atoms with E-state index in [1.807, 2.05) is 6.92 Å². The van der Waals surface area contributed by atoms with E-state index in [4.69, 9.17) is 0 Å². The molecular weight excluding hydrogens is 313 g/mol. The van der Waals surface area contributed by atoms with Crippen LogP contribution >= 0.6 is 15.9 Å². The molecule has 0 saturated carbocycles. The van der Waals surface area contributed by atoms with Gasteiger partial charge in [-0.2, -0.15) is 0 Å². The van der Waals surface area contributed by atoms with E-state index < -0.39 is 5.82 Å². The molecule has 19 heavy (non-hydrogen) atoms. The number of nitrogens with one attached hydrogen (secondary N) is 1. The highest BCUT2D eigenvalue weighted by atomic mass is 79.9. The fourth-order valence-corrected chi connectivity index (χ4v) is 1.80. The zero-order valence-electron chi connectivity index (χ0n) is 10.2. The Morgan fingerprint density at radius 3 is 2.79 bits per heavy atom. The summed E-state index contributed by atoms with van der Waals surface area (Å²) in [6, 6.07) is 4.10. The standard InChI is InChI=1S/C13H11BrFN3O/c1-8-5-17-10(6-16-8)7-18-13(19)9-2-3-12(15)11(14)4-9/h2-6H,7H2,1H3,(H,18,19). The number of carbonyl (C=O) groups is 1. The van der Waals surface area contributed by atoms with Crippen LogP contribution in [0.5, 0.6) is 0 Å². The monoisotopic (exact) mass is 323 g/mol. The Labute approximate surface area is 118 Å². The van der Waals surface area contributed by atoms with E-state index in [2.05, 4.69) is 31.2 Å². The Morgan fingerprint density at radius 2 is 2.16 bits per heavy atom. The number of hydrogen-bond acceptors (Lipinski definition) is 3. The van der Waals surface area contributed by atoms with Crippen molar-refractivity contribution in [1.82, 2.24) is 15.3 Å². The molecule has 0 unspecified atom stereocenters. The first-order chi connectivity index (χ1) is 9.06. The van der Waals surface area contributed by atoms with Gasteiger partial charge in [-0.3, -0.25) is 14.8 Å². The Balaban J connectivity index is 2.01. The Hall–Kier alpha value is -1.82. The fraction of sp³-hybridized carbons (Fsp3) is 0.154. The zero-order chi connectivity index (χ0) is 13.8. The number of halogens is 2. The molecule has 4 nitrogen and oxygen atoms in total. The van der Waals surface area contributed by atoms with Crippen LogP contribution in [-0.2, 0) is 6.54 Å². The number of amides is 1. The molecule has 0 fully saturated rings. The zero-order valence-corrected chi connectivity index (χ0v) is 11.7. The predicted molar refractivity (Wildman–Crippen MR) is 72.0 cm³/mol. The third-order valence-corrected chi connectivity index (χ3v) is 3.05. The predicted octanol–water partition coefficient (Wildman–Crippen LogP) is 2.62. The van der Waals surface area contributed by atoms with Crippen LogP contribution in [0.3, 0.4) is 0 Å². The van der Waals surface area contributed by atoms with Gasteiger partial charge in [0.2, 0.25) is 0 Å². The van der Waals surface area contributed by atoms with Crippen molar-refractivity contribution in [2.24, 2.45) is 0 Å². The number of rotatable bonds is 3. The lowest BCUT2D eigenvalue weighted by atomic mass is 10.2. The van der Waals surface area contributed by atoms with Gasteiger partial charge in [0.15, 0.2) is 0 Å². The molecule has 2 rings (SSSR count). The highest BCUT2D eigenvalue weighted by Crippen LogP contribution is 2.16. The van der Waals surface area contributed by atoms with E-state index in [0.717, 1.165) is 5.69 Å². The number of aromatic nitrogens is 2. The van der Waals surface area contributed by atoms with Gasteiger partial charge in [-0.05, 0) is 41.1 Å². The lowest BCUT2D eigenvalue weighted by molar-refractivity contribution is 0.0950. The minimum atomic E-state index is -0.402. The lowest BCUT2D eigenvalue weighted by Crippen LogP contribution is -2.23. The van der Waals surface area contributed by atoms with Crippen LogP contribution in [0, 0.1) is 12.7 Å². The lowest BCUT2D eigenvalue weighted by Gasteiger charge is -2.05. The normalized spacial score (nSPS) is 10.3. The Kier molecular flexibility index (Phi) is 4.21. The second kappa shape index (κ2) is 5.88. The van der Waals surface area contributed by atoms with Crippen LogP contribution in [0.1, 0.15) is 21.7 Å². The summed E-state index contributed by atoms with van der Waals surface area (Å²) in [6.45, 7) is 2.12. The third kappa shape index (κ3) is 3.57. The van der Waals surface area contributed by atoms with Crippen molar-refractivity contribution in [1.29, 1.82) is 0 Å². The van der Waals surface area contributed by atoms with Gasteiger partial charge in [-0.1, -0.05) is 0 Å². The van der Waals surface area contributed by atoms with Crippen molar-refractivity contribution in [2.75, 3.05) is 0 Å². The van der Waals surface area contributed by atoms with Crippen molar-refractivity contribution < 1.29 is 9.18 Å². The van der Waals surface area contributed by atoms with Gasteiger partial charge in [0.05, 0.1) is 28.6 Å². The van der Waals surface area contributed by atoms with Crippen LogP contribution in [-0.4, -0.2) is 15.9 Å². The second-order valence-corrected chi connectivity index (χ2v) is 4.82. The van der Waals surface area contributed by atoms with Crippen LogP contribution in [0.25, 0.3) is 0 Å². The summed E-state index contributed by atoms with van der Waals surface area (Å²) in [7, 11) is 0. The molecule has 0 saturated heterocycles. The maximum Gasteiger partial charge on any atom is 0.251 e. The molecule has 1 N–H and O–H groups in total. The van der Waals surface area contributed by atoms with Gasteiger partial charge in [-0.15, -0.1) is 0 Å². The number of carbonyl (C=O) groups excluding carboxylic acids is 1. The molecule has 0 aliphatic heterocycles. The SMILES string of the molecule is Cc1cnc(CNC(=O)c2ccc(F)c(Br)c2)cn1. The summed E-state index contributed by atoms with van der Waals surface area (Å²) in [5.74, 6) is -0.691. The largest absolute Gasteiger partial charge is 0.346 e. The average Bonchev–Trinajstić information content (AvgIpc) is 2.41. The van der Waals surface area contributed by atoms with Crippen molar-refractivity contribution in [3.63, 3.8) is 0 Å². The third-order valence-electron chi connectivity index (χ3n) is 2.45. The highest BCUT2D eigenvalue weighted by Gasteiger charge is 2.08. The number of aryl methyl sites for hydroxylation is 1. The Bertz CT molecular complexity index is 601. The first-order valence-corrected chi connectivity index (χ1v) is 6.36. The van der Waals surface area contributed by atoms with E-state index in [1.54, 1.807) is 12.4 Å². The molecule has 0 aliphatic rings. The van der Waals surface area contributed by atoms with E-state index in [0.29, 0.717) is 11.3 Å². The molecule has 6 heteroatoms. The smallest absolute Gasteiger partial charge is 0.251 e. The number of benzene rings is 1. The van der Waals surface area contributed by atoms with Crippen molar-refractivity contribution >= 4 is 21.8 Å². The van der Waals surface area contributed by atoms with Gasteiger partial charge < -0.3 is 5.32 Å². The summed E-state index contributed by atoms with van der Waals surface area (Å²) in [5, 5.41) is 2.70. The molecule has 0 aliphatic carbocycles. The molecule has 1 amide bonds. The summed E-state index contributed by atoms with van der Waals surface area (Å²) in [4.78, 5) is 20.1. The molecule has 0 bridgehead atoms. The van der Waals surface area contributed by atoms with Crippen LogP contribution in [0.2, 0.25) is 0 Å². The van der Waals surface area contributed by atoms with Crippen LogP contribution < -0.4 is 5.32 Å². The Morgan fingerprint density at radius 1 is 1.37 bits per heavy atom. The van der Waals surface area contributed by atoms with E-state index >= 15 is 0 Å². The van der Waals surface area contributed by atoms with Gasteiger partial charge in [0, 0.05) is 11.8 Å². The van der Waals surface area contributed by atoms with Crippen molar-refractivity contribution in [2.45, 2.75) is 13.5 Å². The highest BCUT2D eigenvalue weighted by molar-refractivity contribution is 9.10. The molecular formula is C13H11BrFN3O. The molecule has 1 aromatic carbocycles. The van der Waals surface area contributed by atoms with E-state index in [9.17, 15) is 9.18 Å². The summed E-state index contributed by atoms with van der Waals surface area (Å²) >= 11 is 3.04. The van der Waals surface area contributed by atoms with Gasteiger partial charge in [0.25, 0.3) is 5.91 Å². The summed E-state index contributed by atoms with van der Waals surface area (Å²) in [5.41, 5.74) is 1.87. The molecule has 0 radical (unpaired) electrons. The van der Waals surface area contributed by atoms with E-state index in [-0.39, 0.29) is 16.9 Å². The van der Waals surface area contributed by atoms with Crippen molar-refractivity contribution in [3.05, 3.63) is 57.8 Å². The van der Waals surface area contributed by atoms with Crippen LogP contribution in [0.4, 0.5) is 4.39 Å². The molecule has 2 aromatic rings. The minimum absolute atomic E-state index is 0.260.